The highest BCUT2D eigenvalue weighted by Crippen LogP contribution is 2.25. The first kappa shape index (κ1) is 17.0. The monoisotopic (exact) mass is 362 g/mol. The molecule has 0 bridgehead atoms. The van der Waals surface area contributed by atoms with Gasteiger partial charge in [-0.1, -0.05) is 22.0 Å². The van der Waals surface area contributed by atoms with Crippen molar-refractivity contribution in [3.63, 3.8) is 0 Å². The van der Waals surface area contributed by atoms with Gasteiger partial charge in [-0.25, -0.2) is 8.42 Å². The minimum absolute atomic E-state index is 0.0336. The van der Waals surface area contributed by atoms with Crippen LogP contribution in [0.5, 0.6) is 0 Å². The smallest absolute Gasteiger partial charge is 0.240 e. The highest BCUT2D eigenvalue weighted by Gasteiger charge is 2.21. The number of amides is 1. The summed E-state index contributed by atoms with van der Waals surface area (Å²) >= 11 is 3.37. The van der Waals surface area contributed by atoms with E-state index >= 15 is 0 Å². The maximum atomic E-state index is 11.9. The van der Waals surface area contributed by atoms with Crippen molar-refractivity contribution in [2.24, 2.45) is 0 Å². The molecule has 1 N–H and O–H groups in total. The molecular weight excluding hydrogens is 344 g/mol. The molecule has 0 aliphatic rings. The van der Waals surface area contributed by atoms with Gasteiger partial charge in [0, 0.05) is 10.5 Å². The fraction of sp³-hybridized carbons (Fsp3) is 0.462. The molecule has 1 aromatic rings. The maximum absolute atomic E-state index is 11.9. The molecule has 1 aromatic carbocycles. The number of halogens is 1. The third-order valence-electron chi connectivity index (χ3n) is 2.58. The van der Waals surface area contributed by atoms with Gasteiger partial charge in [-0.2, -0.15) is 0 Å². The van der Waals surface area contributed by atoms with Crippen molar-refractivity contribution in [1.82, 2.24) is 5.32 Å². The SMILES string of the molecule is Cc1ccc(N(CC(=O)NC(C)C)S(C)(=O)=O)cc1Br. The molecule has 0 aliphatic heterocycles. The molecule has 0 saturated carbocycles. The predicted molar refractivity (Wildman–Crippen MR) is 84.3 cm³/mol. The summed E-state index contributed by atoms with van der Waals surface area (Å²) in [7, 11) is -3.53. The molecule has 0 heterocycles. The molecule has 0 aromatic heterocycles. The van der Waals surface area contributed by atoms with Crippen LogP contribution in [0.15, 0.2) is 22.7 Å². The van der Waals surface area contributed by atoms with E-state index in [1.807, 2.05) is 20.8 Å². The Morgan fingerprint density at radius 2 is 2.00 bits per heavy atom. The molecule has 1 amide bonds. The third-order valence-corrected chi connectivity index (χ3v) is 4.58. The Kier molecular flexibility index (Phi) is 5.59. The number of hydrogen-bond donors (Lipinski definition) is 1. The molecule has 20 heavy (non-hydrogen) atoms. The van der Waals surface area contributed by atoms with Crippen LogP contribution in [0.4, 0.5) is 5.69 Å². The van der Waals surface area contributed by atoms with E-state index in [0.29, 0.717) is 5.69 Å². The number of carbonyl (C=O) groups excluding carboxylic acids is 1. The number of sulfonamides is 1. The van der Waals surface area contributed by atoms with E-state index in [1.54, 1.807) is 18.2 Å². The Labute approximate surface area is 128 Å². The molecule has 0 radical (unpaired) electrons. The Hall–Kier alpha value is -1.08. The second-order valence-corrected chi connectivity index (χ2v) is 7.69. The van der Waals surface area contributed by atoms with E-state index in [4.69, 9.17) is 0 Å². The van der Waals surface area contributed by atoms with E-state index < -0.39 is 10.0 Å². The summed E-state index contributed by atoms with van der Waals surface area (Å²) in [5.41, 5.74) is 1.46. The van der Waals surface area contributed by atoms with Gasteiger partial charge in [0.15, 0.2) is 0 Å². The number of anilines is 1. The fourth-order valence-electron chi connectivity index (χ4n) is 1.63. The number of aryl methyl sites for hydroxylation is 1. The molecule has 112 valence electrons. The van der Waals surface area contributed by atoms with E-state index in [1.165, 1.54) is 0 Å². The molecular formula is C13H19BrN2O3S. The van der Waals surface area contributed by atoms with Crippen molar-refractivity contribution in [3.8, 4) is 0 Å². The minimum Gasteiger partial charge on any atom is -0.352 e. The van der Waals surface area contributed by atoms with Crippen LogP contribution in [-0.2, 0) is 14.8 Å². The first-order valence-electron chi connectivity index (χ1n) is 6.14. The van der Waals surface area contributed by atoms with Crippen molar-refractivity contribution in [2.75, 3.05) is 17.1 Å². The van der Waals surface area contributed by atoms with Crippen LogP contribution in [0, 0.1) is 6.92 Å². The molecule has 5 nitrogen and oxygen atoms in total. The lowest BCUT2D eigenvalue weighted by Gasteiger charge is -2.23. The van der Waals surface area contributed by atoms with Gasteiger partial charge in [0.25, 0.3) is 0 Å². The lowest BCUT2D eigenvalue weighted by molar-refractivity contribution is -0.120. The van der Waals surface area contributed by atoms with Gasteiger partial charge in [0.2, 0.25) is 15.9 Å². The lowest BCUT2D eigenvalue weighted by Crippen LogP contribution is -2.42. The summed E-state index contributed by atoms with van der Waals surface area (Å²) in [6.45, 7) is 5.33. The number of nitrogens with zero attached hydrogens (tertiary/aromatic N) is 1. The molecule has 0 spiro atoms. The van der Waals surface area contributed by atoms with Crippen LogP contribution >= 0.6 is 15.9 Å². The second kappa shape index (κ2) is 6.58. The second-order valence-electron chi connectivity index (χ2n) is 4.93. The summed E-state index contributed by atoms with van der Waals surface area (Å²) in [4.78, 5) is 11.8. The standard InChI is InChI=1S/C13H19BrN2O3S/c1-9(2)15-13(17)8-16(20(4,18)19)11-6-5-10(3)12(14)7-11/h5-7,9H,8H2,1-4H3,(H,15,17). The van der Waals surface area contributed by atoms with Crippen LogP contribution < -0.4 is 9.62 Å². The molecule has 0 aliphatic carbocycles. The number of benzene rings is 1. The van der Waals surface area contributed by atoms with Gasteiger partial charge in [-0.3, -0.25) is 9.10 Å². The van der Waals surface area contributed by atoms with Crippen molar-refractivity contribution in [3.05, 3.63) is 28.2 Å². The van der Waals surface area contributed by atoms with Gasteiger partial charge in [-0.15, -0.1) is 0 Å². The molecule has 0 saturated heterocycles. The van der Waals surface area contributed by atoms with Crippen molar-refractivity contribution in [1.29, 1.82) is 0 Å². The average molecular weight is 363 g/mol. The van der Waals surface area contributed by atoms with Gasteiger partial charge >= 0.3 is 0 Å². The number of rotatable bonds is 5. The average Bonchev–Trinajstić information content (AvgIpc) is 2.27. The topological polar surface area (TPSA) is 66.5 Å². The summed E-state index contributed by atoms with van der Waals surface area (Å²) in [5, 5.41) is 2.68. The van der Waals surface area contributed by atoms with Crippen LogP contribution in [0.1, 0.15) is 19.4 Å². The Balaban J connectivity index is 3.08. The van der Waals surface area contributed by atoms with E-state index in [0.717, 1.165) is 20.6 Å². The Morgan fingerprint density at radius 1 is 1.40 bits per heavy atom. The summed E-state index contributed by atoms with van der Waals surface area (Å²) in [6.07, 6.45) is 1.09. The number of hydrogen-bond acceptors (Lipinski definition) is 3. The normalized spacial score (nSPS) is 11.5. The van der Waals surface area contributed by atoms with Crippen molar-refractivity contribution < 1.29 is 13.2 Å². The quantitative estimate of drug-likeness (QED) is 0.871. The highest BCUT2D eigenvalue weighted by atomic mass is 79.9. The first-order valence-corrected chi connectivity index (χ1v) is 8.78. The summed E-state index contributed by atoms with van der Waals surface area (Å²) < 4.78 is 25.7. The van der Waals surface area contributed by atoms with E-state index in [-0.39, 0.29) is 18.5 Å². The van der Waals surface area contributed by atoms with Gasteiger partial charge in [0.05, 0.1) is 11.9 Å². The number of nitrogens with one attached hydrogen (secondary N) is 1. The van der Waals surface area contributed by atoms with E-state index in [2.05, 4.69) is 21.2 Å². The fourth-order valence-corrected chi connectivity index (χ4v) is 2.85. The molecule has 0 atom stereocenters. The third kappa shape index (κ3) is 4.79. The van der Waals surface area contributed by atoms with E-state index in [9.17, 15) is 13.2 Å². The maximum Gasteiger partial charge on any atom is 0.240 e. The molecule has 0 fully saturated rings. The van der Waals surface area contributed by atoms with Crippen LogP contribution in [-0.4, -0.2) is 33.2 Å². The van der Waals surface area contributed by atoms with Crippen molar-refractivity contribution in [2.45, 2.75) is 26.8 Å². The largest absolute Gasteiger partial charge is 0.352 e. The highest BCUT2D eigenvalue weighted by molar-refractivity contribution is 9.10. The first-order chi connectivity index (χ1) is 9.11. The summed E-state index contributed by atoms with van der Waals surface area (Å²) in [6, 6.07) is 5.15. The van der Waals surface area contributed by atoms with Gasteiger partial charge in [-0.05, 0) is 38.5 Å². The zero-order valence-electron chi connectivity index (χ0n) is 12.0. The summed E-state index contributed by atoms with van der Waals surface area (Å²) in [5.74, 6) is -0.331. The molecule has 7 heteroatoms. The Morgan fingerprint density at radius 3 is 2.45 bits per heavy atom. The van der Waals surface area contributed by atoms with Gasteiger partial charge < -0.3 is 5.32 Å². The van der Waals surface area contributed by atoms with Crippen LogP contribution in [0.3, 0.4) is 0 Å². The number of carbonyl (C=O) groups is 1. The molecule has 0 unspecified atom stereocenters. The van der Waals surface area contributed by atoms with Gasteiger partial charge in [0.1, 0.15) is 6.54 Å². The predicted octanol–water partition coefficient (Wildman–Crippen LogP) is 2.05. The zero-order valence-corrected chi connectivity index (χ0v) is 14.4. The van der Waals surface area contributed by atoms with Crippen LogP contribution in [0.2, 0.25) is 0 Å². The lowest BCUT2D eigenvalue weighted by atomic mass is 10.2. The van der Waals surface area contributed by atoms with Crippen molar-refractivity contribution >= 4 is 37.5 Å². The minimum atomic E-state index is -3.53. The molecule has 1 rings (SSSR count). The Bertz CT molecular complexity index is 600. The van der Waals surface area contributed by atoms with Crippen LogP contribution in [0.25, 0.3) is 0 Å². The zero-order chi connectivity index (χ0) is 15.5.